The second-order valence-electron chi connectivity index (χ2n) is 8.11. The topological polar surface area (TPSA) is 114 Å². The molecular weight excluding hydrogens is 452 g/mol. The first kappa shape index (κ1) is 23.3. The predicted octanol–water partition coefficient (Wildman–Crippen LogP) is 4.65. The van der Waals surface area contributed by atoms with Crippen molar-refractivity contribution in [3.05, 3.63) is 83.9 Å². The van der Waals surface area contributed by atoms with E-state index in [1.165, 1.54) is 12.1 Å². The van der Waals surface area contributed by atoms with Gasteiger partial charge in [0.2, 0.25) is 21.8 Å². The van der Waals surface area contributed by atoms with Crippen LogP contribution >= 0.6 is 0 Å². The molecule has 0 spiro atoms. The third-order valence-corrected chi connectivity index (χ3v) is 6.61. The minimum atomic E-state index is -3.59. The van der Waals surface area contributed by atoms with E-state index < -0.39 is 10.0 Å². The molecule has 0 bridgehead atoms. The molecule has 1 heterocycles. The Morgan fingerprint density at radius 2 is 1.35 bits per heavy atom. The van der Waals surface area contributed by atoms with Crippen LogP contribution in [0.3, 0.4) is 0 Å². The van der Waals surface area contributed by atoms with Crippen LogP contribution in [0.25, 0.3) is 22.9 Å². The third-order valence-electron chi connectivity index (χ3n) is 4.93. The van der Waals surface area contributed by atoms with E-state index in [1.54, 1.807) is 50.2 Å². The number of rotatable bonds is 7. The fraction of sp³-hybridized carbons (Fsp3) is 0.160. The number of amides is 1. The van der Waals surface area contributed by atoms with Crippen molar-refractivity contribution in [1.82, 2.24) is 14.9 Å². The molecule has 9 heteroatoms. The SMILES string of the molecule is Cc1ccc(-c2nnc(-c3ccc(C(=O)Nc4ccc(S(=O)(=O)NC(C)C)cc4)cc3)o2)cc1. The lowest BCUT2D eigenvalue weighted by Gasteiger charge is -2.10. The highest BCUT2D eigenvalue weighted by Gasteiger charge is 2.16. The summed E-state index contributed by atoms with van der Waals surface area (Å²) in [6, 6.07) is 20.3. The molecule has 1 aromatic heterocycles. The number of aryl methyl sites for hydroxylation is 1. The fourth-order valence-electron chi connectivity index (χ4n) is 3.22. The first-order valence-electron chi connectivity index (χ1n) is 10.7. The summed E-state index contributed by atoms with van der Waals surface area (Å²) in [5.41, 5.74) is 3.58. The molecule has 3 aromatic carbocycles. The van der Waals surface area contributed by atoms with E-state index in [9.17, 15) is 13.2 Å². The van der Waals surface area contributed by atoms with Crippen molar-refractivity contribution >= 4 is 21.6 Å². The first-order valence-corrected chi connectivity index (χ1v) is 12.1. The van der Waals surface area contributed by atoms with Gasteiger partial charge in [-0.1, -0.05) is 17.7 Å². The molecule has 174 valence electrons. The van der Waals surface area contributed by atoms with Crippen LogP contribution in [0, 0.1) is 6.92 Å². The van der Waals surface area contributed by atoms with Gasteiger partial charge in [-0.2, -0.15) is 0 Å². The predicted molar refractivity (Wildman–Crippen MR) is 130 cm³/mol. The van der Waals surface area contributed by atoms with Crippen LogP contribution < -0.4 is 10.0 Å². The van der Waals surface area contributed by atoms with Gasteiger partial charge in [-0.25, -0.2) is 13.1 Å². The molecule has 0 aliphatic rings. The number of nitrogens with zero attached hydrogens (tertiary/aromatic N) is 2. The van der Waals surface area contributed by atoms with Gasteiger partial charge in [0.25, 0.3) is 5.91 Å². The van der Waals surface area contributed by atoms with E-state index in [2.05, 4.69) is 20.2 Å². The number of sulfonamides is 1. The van der Waals surface area contributed by atoms with Gasteiger partial charge in [0, 0.05) is 28.4 Å². The van der Waals surface area contributed by atoms with Gasteiger partial charge in [-0.3, -0.25) is 4.79 Å². The summed E-state index contributed by atoms with van der Waals surface area (Å²) in [6.45, 7) is 5.50. The van der Waals surface area contributed by atoms with Crippen molar-refractivity contribution in [1.29, 1.82) is 0 Å². The number of anilines is 1. The largest absolute Gasteiger partial charge is 0.416 e. The Hall–Kier alpha value is -3.82. The Balaban J connectivity index is 1.43. The van der Waals surface area contributed by atoms with Gasteiger partial charge < -0.3 is 9.73 Å². The maximum Gasteiger partial charge on any atom is 0.255 e. The minimum absolute atomic E-state index is 0.133. The number of hydrogen-bond acceptors (Lipinski definition) is 6. The maximum atomic E-state index is 12.6. The molecule has 0 unspecified atom stereocenters. The second-order valence-corrected chi connectivity index (χ2v) is 9.82. The van der Waals surface area contributed by atoms with Crippen molar-refractivity contribution in [3.8, 4) is 22.9 Å². The lowest BCUT2D eigenvalue weighted by molar-refractivity contribution is 0.102. The van der Waals surface area contributed by atoms with Gasteiger partial charge in [-0.15, -0.1) is 10.2 Å². The van der Waals surface area contributed by atoms with E-state index in [-0.39, 0.29) is 16.8 Å². The summed E-state index contributed by atoms with van der Waals surface area (Å²) in [7, 11) is -3.59. The highest BCUT2D eigenvalue weighted by atomic mass is 32.2. The number of nitrogens with one attached hydrogen (secondary N) is 2. The molecule has 4 rings (SSSR count). The molecule has 2 N–H and O–H groups in total. The quantitative estimate of drug-likeness (QED) is 0.401. The molecule has 0 atom stereocenters. The molecule has 1 amide bonds. The summed E-state index contributed by atoms with van der Waals surface area (Å²) < 4.78 is 32.8. The summed E-state index contributed by atoms with van der Waals surface area (Å²) in [4.78, 5) is 12.7. The molecule has 4 aromatic rings. The zero-order valence-electron chi connectivity index (χ0n) is 18.9. The molecule has 0 saturated heterocycles. The van der Waals surface area contributed by atoms with Crippen LogP contribution in [0.15, 0.2) is 82.1 Å². The van der Waals surface area contributed by atoms with E-state index in [0.717, 1.165) is 11.1 Å². The van der Waals surface area contributed by atoms with E-state index in [0.29, 0.717) is 28.6 Å². The molecule has 0 aliphatic heterocycles. The van der Waals surface area contributed by atoms with Crippen molar-refractivity contribution < 1.29 is 17.6 Å². The van der Waals surface area contributed by atoms with E-state index in [4.69, 9.17) is 4.42 Å². The number of benzene rings is 3. The molecule has 0 fully saturated rings. The fourth-order valence-corrected chi connectivity index (χ4v) is 4.47. The zero-order valence-corrected chi connectivity index (χ0v) is 19.8. The molecular formula is C25H24N4O4S. The zero-order chi connectivity index (χ0) is 24.3. The monoisotopic (exact) mass is 476 g/mol. The highest BCUT2D eigenvalue weighted by molar-refractivity contribution is 7.89. The Morgan fingerprint density at radius 1 is 0.824 bits per heavy atom. The van der Waals surface area contributed by atoms with Crippen LogP contribution in [0.2, 0.25) is 0 Å². The van der Waals surface area contributed by atoms with Crippen LogP contribution in [0.1, 0.15) is 29.8 Å². The highest BCUT2D eigenvalue weighted by Crippen LogP contribution is 2.24. The molecule has 0 aliphatic carbocycles. The van der Waals surface area contributed by atoms with Crippen molar-refractivity contribution in [2.24, 2.45) is 0 Å². The summed E-state index contributed by atoms with van der Waals surface area (Å²) in [6.07, 6.45) is 0. The van der Waals surface area contributed by atoms with Crippen LogP contribution in [0.5, 0.6) is 0 Å². The average molecular weight is 477 g/mol. The third kappa shape index (κ3) is 5.38. The van der Waals surface area contributed by atoms with Crippen LogP contribution in [-0.2, 0) is 10.0 Å². The van der Waals surface area contributed by atoms with Crippen molar-refractivity contribution in [3.63, 3.8) is 0 Å². The van der Waals surface area contributed by atoms with Gasteiger partial charge in [0.1, 0.15) is 0 Å². The van der Waals surface area contributed by atoms with E-state index in [1.807, 2.05) is 31.2 Å². The molecule has 0 saturated carbocycles. The van der Waals surface area contributed by atoms with Crippen molar-refractivity contribution in [2.45, 2.75) is 31.7 Å². The molecule has 8 nitrogen and oxygen atoms in total. The minimum Gasteiger partial charge on any atom is -0.416 e. The number of carbonyl (C=O) groups excluding carboxylic acids is 1. The Kier molecular flexibility index (Phi) is 6.58. The van der Waals surface area contributed by atoms with Gasteiger partial charge in [0.05, 0.1) is 4.90 Å². The number of carbonyl (C=O) groups is 1. The van der Waals surface area contributed by atoms with Gasteiger partial charge >= 0.3 is 0 Å². The van der Waals surface area contributed by atoms with Crippen LogP contribution in [-0.4, -0.2) is 30.6 Å². The average Bonchev–Trinajstić information content (AvgIpc) is 3.29. The van der Waals surface area contributed by atoms with Gasteiger partial charge in [-0.05, 0) is 81.4 Å². The molecule has 34 heavy (non-hydrogen) atoms. The van der Waals surface area contributed by atoms with Crippen LogP contribution in [0.4, 0.5) is 5.69 Å². The lowest BCUT2D eigenvalue weighted by atomic mass is 10.1. The Morgan fingerprint density at radius 3 is 1.88 bits per heavy atom. The Bertz CT molecular complexity index is 1390. The normalized spacial score (nSPS) is 11.5. The van der Waals surface area contributed by atoms with Crippen molar-refractivity contribution in [2.75, 3.05) is 5.32 Å². The summed E-state index contributed by atoms with van der Waals surface area (Å²) in [5.74, 6) is 0.452. The second kappa shape index (κ2) is 9.58. The van der Waals surface area contributed by atoms with E-state index >= 15 is 0 Å². The van der Waals surface area contributed by atoms with Gasteiger partial charge in [0.15, 0.2) is 0 Å². The standard InChI is InChI=1S/C25H24N4O4S/c1-16(2)29-34(31,32)22-14-12-21(13-15-22)26-23(30)18-8-10-20(11-9-18)25-28-27-24(33-25)19-6-4-17(3)5-7-19/h4-16,29H,1-3H3,(H,26,30). The summed E-state index contributed by atoms with van der Waals surface area (Å²) in [5, 5.41) is 11.0. The summed E-state index contributed by atoms with van der Waals surface area (Å²) >= 11 is 0. The molecule has 0 radical (unpaired) electrons. The first-order chi connectivity index (χ1) is 16.2. The maximum absolute atomic E-state index is 12.6. The smallest absolute Gasteiger partial charge is 0.255 e. The number of aromatic nitrogens is 2. The Labute approximate surface area is 198 Å². The number of hydrogen-bond donors (Lipinski definition) is 2. The lowest BCUT2D eigenvalue weighted by Crippen LogP contribution is -2.30.